The Morgan fingerprint density at radius 1 is 1.62 bits per heavy atom. The van der Waals surface area contributed by atoms with Gasteiger partial charge in [-0.05, 0) is 24.3 Å². The molecule has 0 aromatic rings. The molecule has 3 N–H and O–H groups in total. The molecule has 0 radical (unpaired) electrons. The van der Waals surface area contributed by atoms with Crippen LogP contribution < -0.4 is 0 Å². The second-order valence-corrected chi connectivity index (χ2v) is 2.83. The zero-order valence-corrected chi connectivity index (χ0v) is 6.84. The van der Waals surface area contributed by atoms with Crippen LogP contribution in [0.5, 0.6) is 0 Å². The lowest BCUT2D eigenvalue weighted by molar-refractivity contribution is -0.131. The first-order chi connectivity index (χ1) is 6.02. The molecule has 0 bridgehead atoms. The highest BCUT2D eigenvalue weighted by molar-refractivity contribution is 5.80. The maximum atomic E-state index is 10.2. The Kier molecular flexibility index (Phi) is 2.53. The maximum Gasteiger partial charge on any atom is 0.328 e. The maximum absolute atomic E-state index is 10.2. The van der Waals surface area contributed by atoms with Crippen molar-refractivity contribution in [2.45, 2.75) is 12.0 Å². The van der Waals surface area contributed by atoms with Gasteiger partial charge in [0.05, 0.1) is 0 Å². The largest absolute Gasteiger partial charge is 0.508 e. The van der Waals surface area contributed by atoms with Crippen molar-refractivity contribution in [3.05, 3.63) is 36.1 Å². The fourth-order valence-corrected chi connectivity index (χ4v) is 0.973. The van der Waals surface area contributed by atoms with Gasteiger partial charge in [-0.2, -0.15) is 0 Å². The predicted molar refractivity (Wildman–Crippen MR) is 46.2 cm³/mol. The molecule has 0 aromatic carbocycles. The predicted octanol–water partition coefficient (Wildman–Crippen LogP) is 0.760. The third-order valence-electron chi connectivity index (χ3n) is 1.70. The Balaban J connectivity index is 2.71. The third-order valence-corrected chi connectivity index (χ3v) is 1.70. The molecule has 13 heavy (non-hydrogen) atoms. The van der Waals surface area contributed by atoms with Gasteiger partial charge in [-0.1, -0.05) is 0 Å². The average Bonchev–Trinajstić information content (AvgIpc) is 2.08. The van der Waals surface area contributed by atoms with Crippen LogP contribution in [0.25, 0.3) is 0 Å². The summed E-state index contributed by atoms with van der Waals surface area (Å²) in [6.07, 6.45) is 6.33. The van der Waals surface area contributed by atoms with Crippen molar-refractivity contribution >= 4 is 5.97 Å². The Labute approximate surface area is 75.1 Å². The average molecular weight is 182 g/mol. The Bertz CT molecular complexity index is 301. The van der Waals surface area contributed by atoms with Crippen LogP contribution in [-0.2, 0) is 4.79 Å². The first kappa shape index (κ1) is 9.54. The summed E-state index contributed by atoms with van der Waals surface area (Å²) < 4.78 is 0. The molecule has 1 aliphatic rings. The molecule has 0 saturated heterocycles. The van der Waals surface area contributed by atoms with Crippen molar-refractivity contribution in [1.82, 2.24) is 0 Å². The van der Waals surface area contributed by atoms with E-state index in [2.05, 4.69) is 0 Å². The minimum absolute atomic E-state index is 0.0772. The molecule has 0 heterocycles. The Morgan fingerprint density at radius 2 is 2.31 bits per heavy atom. The van der Waals surface area contributed by atoms with Gasteiger partial charge in [0.25, 0.3) is 0 Å². The molecular formula is C9H10O4. The minimum Gasteiger partial charge on any atom is -0.508 e. The molecule has 0 amide bonds. The number of aliphatic hydroxyl groups is 2. The molecule has 0 aromatic heterocycles. The van der Waals surface area contributed by atoms with Crippen LogP contribution >= 0.6 is 0 Å². The number of hydrogen-bond acceptors (Lipinski definition) is 3. The van der Waals surface area contributed by atoms with Crippen molar-refractivity contribution in [3.63, 3.8) is 0 Å². The van der Waals surface area contributed by atoms with E-state index in [0.717, 1.165) is 6.08 Å². The highest BCUT2D eigenvalue weighted by atomic mass is 16.4. The first-order valence-electron chi connectivity index (χ1n) is 3.75. The van der Waals surface area contributed by atoms with Crippen LogP contribution in [0.2, 0.25) is 0 Å². The molecule has 4 nitrogen and oxygen atoms in total. The smallest absolute Gasteiger partial charge is 0.328 e. The van der Waals surface area contributed by atoms with Gasteiger partial charge < -0.3 is 15.3 Å². The summed E-state index contributed by atoms with van der Waals surface area (Å²) in [5, 5.41) is 26.9. The monoisotopic (exact) mass is 182 g/mol. The second kappa shape index (κ2) is 3.45. The van der Waals surface area contributed by atoms with E-state index in [1.807, 2.05) is 0 Å². The number of rotatable bonds is 2. The van der Waals surface area contributed by atoms with E-state index in [9.17, 15) is 9.90 Å². The number of aliphatic carboxylic acids is 1. The highest BCUT2D eigenvalue weighted by Gasteiger charge is 2.21. The van der Waals surface area contributed by atoms with Crippen molar-refractivity contribution < 1.29 is 20.1 Å². The van der Waals surface area contributed by atoms with E-state index in [1.54, 1.807) is 0 Å². The van der Waals surface area contributed by atoms with Gasteiger partial charge in [0.1, 0.15) is 11.4 Å². The highest BCUT2D eigenvalue weighted by Crippen LogP contribution is 2.20. The van der Waals surface area contributed by atoms with Gasteiger partial charge in [-0.3, -0.25) is 0 Å². The van der Waals surface area contributed by atoms with Gasteiger partial charge >= 0.3 is 5.97 Å². The van der Waals surface area contributed by atoms with Crippen LogP contribution in [0.4, 0.5) is 0 Å². The van der Waals surface area contributed by atoms with Crippen LogP contribution in [0.15, 0.2) is 36.1 Å². The van der Waals surface area contributed by atoms with Crippen LogP contribution in [0.3, 0.4) is 0 Å². The summed E-state index contributed by atoms with van der Waals surface area (Å²) in [7, 11) is 0. The second-order valence-electron chi connectivity index (χ2n) is 2.83. The normalized spacial score (nSPS) is 27.6. The number of carbonyl (C=O) groups is 1. The minimum atomic E-state index is -1.29. The Morgan fingerprint density at radius 3 is 2.77 bits per heavy atom. The molecule has 1 atom stereocenters. The molecule has 4 heteroatoms. The summed E-state index contributed by atoms with van der Waals surface area (Å²) in [6.45, 7) is 0. The lowest BCUT2D eigenvalue weighted by Crippen LogP contribution is -2.24. The zero-order chi connectivity index (χ0) is 9.90. The van der Waals surface area contributed by atoms with E-state index in [1.165, 1.54) is 24.3 Å². The summed E-state index contributed by atoms with van der Waals surface area (Å²) in [6, 6.07) is 0. The van der Waals surface area contributed by atoms with Crippen molar-refractivity contribution in [3.8, 4) is 0 Å². The molecule has 0 saturated carbocycles. The molecular weight excluding hydrogens is 172 g/mol. The van der Waals surface area contributed by atoms with E-state index in [4.69, 9.17) is 10.2 Å². The fourth-order valence-electron chi connectivity index (χ4n) is 0.973. The van der Waals surface area contributed by atoms with Gasteiger partial charge in [-0.25, -0.2) is 4.79 Å². The summed E-state index contributed by atoms with van der Waals surface area (Å²) in [5.74, 6) is -1.03. The molecule has 1 aliphatic carbocycles. The fraction of sp³-hybridized carbons (Fsp3) is 0.222. The first-order valence-corrected chi connectivity index (χ1v) is 3.75. The number of carboxylic acid groups (broad SMARTS) is 1. The van der Waals surface area contributed by atoms with Gasteiger partial charge in [0, 0.05) is 12.5 Å². The van der Waals surface area contributed by atoms with Crippen molar-refractivity contribution in [1.29, 1.82) is 0 Å². The molecule has 0 spiro atoms. The van der Waals surface area contributed by atoms with Gasteiger partial charge in [0.2, 0.25) is 0 Å². The number of carboxylic acids is 1. The Hall–Kier alpha value is -1.55. The van der Waals surface area contributed by atoms with Crippen molar-refractivity contribution in [2.24, 2.45) is 0 Å². The van der Waals surface area contributed by atoms with Gasteiger partial charge in [0.15, 0.2) is 0 Å². The number of allylic oxidation sites excluding steroid dienone is 1. The molecule has 70 valence electrons. The topological polar surface area (TPSA) is 77.8 Å². The van der Waals surface area contributed by atoms with E-state index < -0.39 is 11.6 Å². The lowest BCUT2D eigenvalue weighted by atomic mass is 9.94. The van der Waals surface area contributed by atoms with Crippen LogP contribution in [0, 0.1) is 0 Å². The number of hydrogen-bond donors (Lipinski definition) is 3. The summed E-state index contributed by atoms with van der Waals surface area (Å²) in [4.78, 5) is 10.2. The van der Waals surface area contributed by atoms with E-state index >= 15 is 0 Å². The quantitative estimate of drug-likeness (QED) is 0.551. The molecule has 1 unspecified atom stereocenters. The van der Waals surface area contributed by atoms with Crippen LogP contribution in [-0.4, -0.2) is 26.9 Å². The lowest BCUT2D eigenvalue weighted by Gasteiger charge is -2.20. The standard InChI is InChI=1S/C9H10O4/c10-7-1-4-9(13,5-2-7)6-3-8(11)12/h1-4,6,10,13H,5H2,(H,11,12). The van der Waals surface area contributed by atoms with Crippen LogP contribution in [0.1, 0.15) is 6.42 Å². The van der Waals surface area contributed by atoms with E-state index in [-0.39, 0.29) is 12.2 Å². The van der Waals surface area contributed by atoms with Crippen molar-refractivity contribution in [2.75, 3.05) is 0 Å². The SMILES string of the molecule is O=C(O)C=CC1(O)C=CC(O)=CC1. The molecule has 0 aliphatic heterocycles. The van der Waals surface area contributed by atoms with Gasteiger partial charge in [-0.15, -0.1) is 0 Å². The third kappa shape index (κ3) is 2.76. The summed E-state index contributed by atoms with van der Waals surface area (Å²) >= 11 is 0. The zero-order valence-electron chi connectivity index (χ0n) is 6.84. The molecule has 0 fully saturated rings. The summed E-state index contributed by atoms with van der Waals surface area (Å²) in [5.41, 5.74) is -1.29. The van der Waals surface area contributed by atoms with E-state index in [0.29, 0.717) is 0 Å². The molecule has 1 rings (SSSR count). The number of aliphatic hydroxyl groups excluding tert-OH is 1.